The van der Waals surface area contributed by atoms with Crippen LogP contribution >= 0.6 is 11.6 Å². The molecule has 0 aliphatic heterocycles. The number of hydrogen-bond acceptors (Lipinski definition) is 2. The summed E-state index contributed by atoms with van der Waals surface area (Å²) in [6.07, 6.45) is 3.69. The van der Waals surface area contributed by atoms with Crippen molar-refractivity contribution in [2.75, 3.05) is 0 Å². The molecular weight excluding hydrogens is 304 g/mol. The molecule has 0 amide bonds. The van der Waals surface area contributed by atoms with Gasteiger partial charge in [-0.1, -0.05) is 54.1 Å². The van der Waals surface area contributed by atoms with Crippen LogP contribution in [0.5, 0.6) is 0 Å². The quantitative estimate of drug-likeness (QED) is 0.639. The molecule has 3 aromatic rings. The maximum Gasteiger partial charge on any atom is 0.0406 e. The maximum atomic E-state index is 5.99. The summed E-state index contributed by atoms with van der Waals surface area (Å²) in [5.74, 6) is 0. The van der Waals surface area contributed by atoms with Gasteiger partial charge in [-0.15, -0.1) is 0 Å². The lowest BCUT2D eigenvalue weighted by atomic mass is 10.1. The van der Waals surface area contributed by atoms with Crippen LogP contribution in [0.25, 0.3) is 0 Å². The second-order valence-electron chi connectivity index (χ2n) is 5.61. The Labute approximate surface area is 142 Å². The second-order valence-corrected chi connectivity index (χ2v) is 6.05. The molecule has 0 fully saturated rings. The molecule has 3 rings (SSSR count). The second kappa shape index (κ2) is 7.91. The molecule has 2 nitrogen and oxygen atoms in total. The van der Waals surface area contributed by atoms with E-state index >= 15 is 0 Å². The molecule has 0 radical (unpaired) electrons. The van der Waals surface area contributed by atoms with Crippen LogP contribution in [0.3, 0.4) is 0 Å². The Hall–Kier alpha value is -2.16. The zero-order valence-corrected chi connectivity index (χ0v) is 13.7. The molecule has 0 unspecified atom stereocenters. The molecule has 116 valence electrons. The normalized spacial score (nSPS) is 10.9. The molecule has 0 aliphatic carbocycles. The van der Waals surface area contributed by atoms with E-state index in [0.29, 0.717) is 0 Å². The first-order valence-corrected chi connectivity index (χ1v) is 8.07. The minimum absolute atomic E-state index is 0.775. The molecule has 2 aromatic carbocycles. The smallest absolute Gasteiger partial charge is 0.0406 e. The van der Waals surface area contributed by atoms with Gasteiger partial charge in [0, 0.05) is 37.1 Å². The van der Waals surface area contributed by atoms with Crippen molar-refractivity contribution in [3.05, 3.63) is 101 Å². The van der Waals surface area contributed by atoms with Crippen molar-refractivity contribution in [2.45, 2.75) is 19.6 Å². The van der Waals surface area contributed by atoms with E-state index in [0.717, 1.165) is 24.7 Å². The molecule has 0 saturated heterocycles. The summed E-state index contributed by atoms with van der Waals surface area (Å²) in [5, 5.41) is 0.775. The molecule has 23 heavy (non-hydrogen) atoms. The first-order valence-electron chi connectivity index (χ1n) is 7.69. The summed E-state index contributed by atoms with van der Waals surface area (Å²) < 4.78 is 0. The number of pyridine rings is 1. The number of nitrogens with zero attached hydrogens (tertiary/aromatic N) is 2. The van der Waals surface area contributed by atoms with Gasteiger partial charge < -0.3 is 0 Å². The first-order chi connectivity index (χ1) is 11.3. The predicted molar refractivity (Wildman–Crippen MR) is 95.1 cm³/mol. The number of hydrogen-bond donors (Lipinski definition) is 0. The van der Waals surface area contributed by atoms with Crippen LogP contribution in [-0.2, 0) is 19.6 Å². The van der Waals surface area contributed by atoms with E-state index in [-0.39, 0.29) is 0 Å². The van der Waals surface area contributed by atoms with Gasteiger partial charge in [-0.25, -0.2) is 0 Å². The third-order valence-corrected chi connectivity index (χ3v) is 3.98. The molecular formula is C20H19ClN2. The summed E-state index contributed by atoms with van der Waals surface area (Å²) >= 11 is 5.99. The molecule has 0 aliphatic rings. The average Bonchev–Trinajstić information content (AvgIpc) is 2.59. The highest BCUT2D eigenvalue weighted by Crippen LogP contribution is 2.16. The first kappa shape index (κ1) is 15.7. The molecule has 0 N–H and O–H groups in total. The highest BCUT2D eigenvalue weighted by molar-refractivity contribution is 6.30. The summed E-state index contributed by atoms with van der Waals surface area (Å²) in [5.41, 5.74) is 3.85. The van der Waals surface area contributed by atoms with E-state index < -0.39 is 0 Å². The largest absolute Gasteiger partial charge is 0.291 e. The van der Waals surface area contributed by atoms with E-state index in [1.165, 1.54) is 16.7 Å². The molecule has 1 heterocycles. The molecule has 0 spiro atoms. The molecule has 1 aromatic heterocycles. The lowest BCUT2D eigenvalue weighted by Crippen LogP contribution is -2.22. The fourth-order valence-corrected chi connectivity index (χ4v) is 2.73. The summed E-state index contributed by atoms with van der Waals surface area (Å²) in [7, 11) is 0. The van der Waals surface area contributed by atoms with Crippen LogP contribution in [-0.4, -0.2) is 9.88 Å². The molecule has 0 atom stereocenters. The van der Waals surface area contributed by atoms with Crippen molar-refractivity contribution >= 4 is 11.6 Å². The zero-order valence-electron chi connectivity index (χ0n) is 12.9. The Kier molecular flexibility index (Phi) is 5.41. The molecule has 0 bridgehead atoms. The van der Waals surface area contributed by atoms with Crippen LogP contribution in [0.4, 0.5) is 0 Å². The lowest BCUT2D eigenvalue weighted by Gasteiger charge is -2.23. The van der Waals surface area contributed by atoms with Gasteiger partial charge in [0.25, 0.3) is 0 Å². The minimum Gasteiger partial charge on any atom is -0.291 e. The standard InChI is InChI=1S/C20H19ClN2/c21-20-8-6-18(7-9-20)15-23(14-17-4-2-1-3-5-17)16-19-10-12-22-13-11-19/h1-13H,14-16H2. The molecule has 0 saturated carbocycles. The predicted octanol–water partition coefficient (Wildman–Crippen LogP) is 4.94. The summed E-state index contributed by atoms with van der Waals surface area (Å²) in [4.78, 5) is 6.52. The van der Waals surface area contributed by atoms with Crippen molar-refractivity contribution in [3.8, 4) is 0 Å². The van der Waals surface area contributed by atoms with E-state index in [1.807, 2.05) is 24.5 Å². The van der Waals surface area contributed by atoms with Crippen LogP contribution < -0.4 is 0 Å². The van der Waals surface area contributed by atoms with Gasteiger partial charge in [0.2, 0.25) is 0 Å². The fraction of sp³-hybridized carbons (Fsp3) is 0.150. The van der Waals surface area contributed by atoms with Crippen LogP contribution in [0, 0.1) is 0 Å². The monoisotopic (exact) mass is 322 g/mol. The van der Waals surface area contributed by atoms with E-state index in [9.17, 15) is 0 Å². The summed E-state index contributed by atoms with van der Waals surface area (Å²) in [6, 6.07) is 22.8. The highest BCUT2D eigenvalue weighted by Gasteiger charge is 2.08. The minimum atomic E-state index is 0.775. The number of benzene rings is 2. The van der Waals surface area contributed by atoms with E-state index in [1.54, 1.807) is 0 Å². The lowest BCUT2D eigenvalue weighted by molar-refractivity contribution is 0.247. The Morgan fingerprint density at radius 3 is 1.78 bits per heavy atom. The maximum absolute atomic E-state index is 5.99. The van der Waals surface area contributed by atoms with Crippen molar-refractivity contribution in [2.24, 2.45) is 0 Å². The Bertz CT molecular complexity index is 670. The number of aromatic nitrogens is 1. The Balaban J connectivity index is 1.76. The van der Waals surface area contributed by atoms with Gasteiger partial charge >= 0.3 is 0 Å². The van der Waals surface area contributed by atoms with Gasteiger partial charge in [-0.3, -0.25) is 9.88 Å². The van der Waals surface area contributed by atoms with Gasteiger partial charge in [-0.2, -0.15) is 0 Å². The van der Waals surface area contributed by atoms with Gasteiger partial charge in [0.05, 0.1) is 0 Å². The zero-order chi connectivity index (χ0) is 15.9. The van der Waals surface area contributed by atoms with Crippen molar-refractivity contribution in [3.63, 3.8) is 0 Å². The van der Waals surface area contributed by atoms with Crippen LogP contribution in [0.15, 0.2) is 79.1 Å². The van der Waals surface area contributed by atoms with Crippen molar-refractivity contribution in [1.29, 1.82) is 0 Å². The Morgan fingerprint density at radius 2 is 1.17 bits per heavy atom. The topological polar surface area (TPSA) is 16.1 Å². The number of halogens is 1. The van der Waals surface area contributed by atoms with Crippen molar-refractivity contribution in [1.82, 2.24) is 9.88 Å². The van der Waals surface area contributed by atoms with Gasteiger partial charge in [0.1, 0.15) is 0 Å². The fourth-order valence-electron chi connectivity index (χ4n) is 2.60. The van der Waals surface area contributed by atoms with Crippen molar-refractivity contribution < 1.29 is 0 Å². The third kappa shape index (κ3) is 4.92. The van der Waals surface area contributed by atoms with Crippen LogP contribution in [0.1, 0.15) is 16.7 Å². The average molecular weight is 323 g/mol. The highest BCUT2D eigenvalue weighted by atomic mass is 35.5. The Morgan fingerprint density at radius 1 is 0.652 bits per heavy atom. The van der Waals surface area contributed by atoms with Crippen LogP contribution in [0.2, 0.25) is 5.02 Å². The van der Waals surface area contributed by atoms with E-state index in [2.05, 4.69) is 64.5 Å². The SMILES string of the molecule is Clc1ccc(CN(Cc2ccccc2)Cc2ccncc2)cc1. The van der Waals surface area contributed by atoms with Gasteiger partial charge in [0.15, 0.2) is 0 Å². The summed E-state index contributed by atoms with van der Waals surface area (Å²) in [6.45, 7) is 2.68. The number of rotatable bonds is 6. The van der Waals surface area contributed by atoms with E-state index in [4.69, 9.17) is 11.6 Å². The third-order valence-electron chi connectivity index (χ3n) is 3.72. The molecule has 3 heteroatoms. The van der Waals surface area contributed by atoms with Gasteiger partial charge in [-0.05, 0) is 41.0 Å².